The number of nitrogens with zero attached hydrogens (tertiary/aromatic N) is 6. The highest BCUT2D eigenvalue weighted by molar-refractivity contribution is 7.87. The zero-order valence-electron chi connectivity index (χ0n) is 27.5. The highest BCUT2D eigenvalue weighted by Gasteiger charge is 2.37. The predicted molar refractivity (Wildman–Crippen MR) is 179 cm³/mol. The molecule has 2 aromatic carbocycles. The lowest BCUT2D eigenvalue weighted by Crippen LogP contribution is -2.29. The number of ether oxygens (including phenoxy) is 2. The molecule has 13 nitrogen and oxygen atoms in total. The molecule has 0 aliphatic heterocycles. The van der Waals surface area contributed by atoms with E-state index in [0.29, 0.717) is 36.4 Å². The lowest BCUT2D eigenvalue weighted by Gasteiger charge is -2.26. The van der Waals surface area contributed by atoms with Crippen LogP contribution < -0.4 is 25.0 Å². The summed E-state index contributed by atoms with van der Waals surface area (Å²) >= 11 is 0. The molecule has 48 heavy (non-hydrogen) atoms. The summed E-state index contributed by atoms with van der Waals surface area (Å²) in [6.45, 7) is 4.80. The van der Waals surface area contributed by atoms with Crippen molar-refractivity contribution in [2.75, 3.05) is 78.1 Å². The second-order valence-electron chi connectivity index (χ2n) is 11.1. The number of anilines is 4. The van der Waals surface area contributed by atoms with Crippen LogP contribution in [0, 0.1) is 0 Å². The lowest BCUT2D eigenvalue weighted by molar-refractivity contribution is -0.137. The Kier molecular flexibility index (Phi) is 10.6. The standard InChI is InChI=1S/C31H37F3N8O5S/c1-9-28(43)36-23-15-24(27(47-8)16-26(23)41(6)13-12-39(2)3)37-30-35-17-22(31(32,33)34)29(38-30)21-18-42(48(44,45)40(4)5)25-14-19(46-7)10-11-20(21)25/h9-11,14-18H,1,12-13H2,2-8H3,(H,36,43)(H,35,37,38). The highest BCUT2D eigenvalue weighted by Crippen LogP contribution is 2.42. The van der Waals surface area contributed by atoms with Crippen LogP contribution in [0.2, 0.25) is 0 Å². The van der Waals surface area contributed by atoms with Gasteiger partial charge in [0, 0.05) is 69.7 Å². The van der Waals surface area contributed by atoms with Gasteiger partial charge in [0.15, 0.2) is 0 Å². The normalized spacial score (nSPS) is 12.0. The Balaban J connectivity index is 1.91. The van der Waals surface area contributed by atoms with Crippen LogP contribution in [0.3, 0.4) is 0 Å². The van der Waals surface area contributed by atoms with Crippen molar-refractivity contribution in [2.24, 2.45) is 0 Å². The number of rotatable bonds is 13. The summed E-state index contributed by atoms with van der Waals surface area (Å²) in [7, 11) is 6.92. The molecule has 0 aliphatic rings. The van der Waals surface area contributed by atoms with Gasteiger partial charge in [0.25, 0.3) is 0 Å². The number of alkyl halides is 3. The number of fused-ring (bicyclic) bond motifs is 1. The number of halogens is 3. The Hall–Kier alpha value is -4.87. The minimum atomic E-state index is -4.90. The van der Waals surface area contributed by atoms with Gasteiger partial charge in [-0.15, -0.1) is 0 Å². The number of hydrogen-bond donors (Lipinski definition) is 2. The smallest absolute Gasteiger partial charge is 0.419 e. The molecule has 0 fully saturated rings. The molecule has 0 aliphatic carbocycles. The summed E-state index contributed by atoms with van der Waals surface area (Å²) in [5.41, 5.74) is -0.584. The minimum absolute atomic E-state index is 0.0811. The van der Waals surface area contributed by atoms with Crippen molar-refractivity contribution in [1.82, 2.24) is 23.1 Å². The quantitative estimate of drug-likeness (QED) is 0.191. The second kappa shape index (κ2) is 14.1. The van der Waals surface area contributed by atoms with E-state index >= 15 is 0 Å². The van der Waals surface area contributed by atoms with E-state index in [1.54, 1.807) is 12.1 Å². The number of aromatic nitrogens is 3. The number of nitrogens with one attached hydrogen (secondary N) is 2. The maximum absolute atomic E-state index is 14.4. The third kappa shape index (κ3) is 7.48. The van der Waals surface area contributed by atoms with Gasteiger partial charge in [0.2, 0.25) is 11.9 Å². The number of methoxy groups -OCH3 is 2. The molecule has 4 aromatic rings. The van der Waals surface area contributed by atoms with E-state index in [4.69, 9.17) is 9.47 Å². The molecule has 4 rings (SSSR count). The maximum Gasteiger partial charge on any atom is 0.419 e. The van der Waals surface area contributed by atoms with Crippen molar-refractivity contribution in [3.05, 3.63) is 60.9 Å². The number of benzene rings is 2. The van der Waals surface area contributed by atoms with Gasteiger partial charge in [-0.3, -0.25) is 4.79 Å². The van der Waals surface area contributed by atoms with Gasteiger partial charge in [0.1, 0.15) is 17.1 Å². The van der Waals surface area contributed by atoms with Gasteiger partial charge >= 0.3 is 16.4 Å². The first kappa shape index (κ1) is 36.0. The topological polar surface area (TPSA) is 134 Å². The van der Waals surface area contributed by atoms with Crippen molar-refractivity contribution in [3.8, 4) is 22.8 Å². The lowest BCUT2D eigenvalue weighted by atomic mass is 10.1. The third-order valence-electron chi connectivity index (χ3n) is 7.34. The fourth-order valence-electron chi connectivity index (χ4n) is 4.74. The van der Waals surface area contributed by atoms with Gasteiger partial charge < -0.3 is 29.9 Å². The summed E-state index contributed by atoms with van der Waals surface area (Å²) in [5.74, 6) is -0.159. The monoisotopic (exact) mass is 690 g/mol. The van der Waals surface area contributed by atoms with Gasteiger partial charge in [-0.05, 0) is 38.4 Å². The molecule has 0 spiro atoms. The number of hydrogen-bond acceptors (Lipinski definition) is 10. The first-order valence-electron chi connectivity index (χ1n) is 14.4. The molecule has 0 atom stereocenters. The van der Waals surface area contributed by atoms with E-state index in [2.05, 4.69) is 27.2 Å². The molecule has 0 saturated carbocycles. The summed E-state index contributed by atoms with van der Waals surface area (Å²) < 4.78 is 82.4. The van der Waals surface area contributed by atoms with E-state index in [1.807, 2.05) is 30.9 Å². The zero-order chi connectivity index (χ0) is 35.6. The number of likely N-dealkylation sites (N-methyl/N-ethyl adjacent to an activating group) is 2. The molecule has 258 valence electrons. The van der Waals surface area contributed by atoms with E-state index < -0.39 is 33.6 Å². The van der Waals surface area contributed by atoms with Crippen LogP contribution in [0.5, 0.6) is 11.5 Å². The van der Waals surface area contributed by atoms with Crippen LogP contribution in [-0.4, -0.2) is 100 Å². The number of carbonyl (C=O) groups is 1. The van der Waals surface area contributed by atoms with E-state index in [9.17, 15) is 26.4 Å². The zero-order valence-corrected chi connectivity index (χ0v) is 28.3. The predicted octanol–water partition coefficient (Wildman–Crippen LogP) is 4.65. The van der Waals surface area contributed by atoms with Crippen molar-refractivity contribution < 1.29 is 35.9 Å². The summed E-state index contributed by atoms with van der Waals surface area (Å²) in [6.07, 6.45) is -2.08. The van der Waals surface area contributed by atoms with E-state index in [0.717, 1.165) is 20.6 Å². The molecular formula is C31H37F3N8O5S. The molecule has 0 radical (unpaired) electrons. The molecular weight excluding hydrogens is 653 g/mol. The Morgan fingerprint density at radius 1 is 1.04 bits per heavy atom. The van der Waals surface area contributed by atoms with Crippen molar-refractivity contribution in [1.29, 1.82) is 0 Å². The molecule has 2 heterocycles. The second-order valence-corrected chi connectivity index (χ2v) is 13.1. The van der Waals surface area contributed by atoms with Gasteiger partial charge in [0.05, 0.1) is 42.5 Å². The first-order valence-corrected chi connectivity index (χ1v) is 15.8. The van der Waals surface area contributed by atoms with Gasteiger partial charge in [-0.1, -0.05) is 6.58 Å². The Bertz CT molecular complexity index is 1940. The Morgan fingerprint density at radius 2 is 1.75 bits per heavy atom. The van der Waals surface area contributed by atoms with Crippen LogP contribution >= 0.6 is 0 Å². The molecule has 1 amide bonds. The fourth-order valence-corrected chi connectivity index (χ4v) is 5.73. The highest BCUT2D eigenvalue weighted by atomic mass is 32.2. The summed E-state index contributed by atoms with van der Waals surface area (Å²) in [6, 6.07) is 7.59. The SMILES string of the molecule is C=CC(=O)Nc1cc(Nc2ncc(C(F)(F)F)c(-c3cn(S(=O)(=O)N(C)C)c4cc(OC)ccc34)n2)c(OC)cc1N(C)CCN(C)C. The van der Waals surface area contributed by atoms with Crippen LogP contribution in [0.25, 0.3) is 22.2 Å². The minimum Gasteiger partial charge on any atom is -0.497 e. The number of amides is 1. The molecule has 2 N–H and O–H groups in total. The summed E-state index contributed by atoms with van der Waals surface area (Å²) in [4.78, 5) is 24.4. The van der Waals surface area contributed by atoms with Crippen molar-refractivity contribution >= 4 is 50.0 Å². The van der Waals surface area contributed by atoms with Crippen LogP contribution in [0.1, 0.15) is 5.56 Å². The fraction of sp³-hybridized carbons (Fsp3) is 0.323. The van der Waals surface area contributed by atoms with Crippen LogP contribution in [-0.2, 0) is 21.2 Å². The maximum atomic E-state index is 14.4. The van der Waals surface area contributed by atoms with E-state index in [-0.39, 0.29) is 33.9 Å². The molecule has 0 unspecified atom stereocenters. The first-order chi connectivity index (χ1) is 22.5. The molecule has 0 saturated heterocycles. The van der Waals surface area contributed by atoms with Crippen LogP contribution in [0.15, 0.2) is 55.4 Å². The largest absolute Gasteiger partial charge is 0.497 e. The average Bonchev–Trinajstić information content (AvgIpc) is 3.42. The van der Waals surface area contributed by atoms with Gasteiger partial charge in [-0.2, -0.15) is 25.9 Å². The Morgan fingerprint density at radius 3 is 2.33 bits per heavy atom. The molecule has 0 bridgehead atoms. The average molecular weight is 691 g/mol. The van der Waals surface area contributed by atoms with Gasteiger partial charge in [-0.25, -0.2) is 13.9 Å². The molecule has 17 heteroatoms. The van der Waals surface area contributed by atoms with E-state index in [1.165, 1.54) is 46.5 Å². The van der Waals surface area contributed by atoms with Crippen molar-refractivity contribution in [3.63, 3.8) is 0 Å². The Labute approximate surface area is 276 Å². The third-order valence-corrected chi connectivity index (χ3v) is 9.06. The summed E-state index contributed by atoms with van der Waals surface area (Å²) in [5, 5.41) is 5.84. The van der Waals surface area contributed by atoms with Crippen molar-refractivity contribution in [2.45, 2.75) is 6.18 Å². The molecule has 2 aromatic heterocycles. The van der Waals surface area contributed by atoms with Crippen LogP contribution in [0.4, 0.5) is 36.2 Å². The number of carbonyl (C=O) groups excluding carboxylic acids is 1.